The van der Waals surface area contributed by atoms with Crippen molar-refractivity contribution in [2.45, 2.75) is 50.5 Å². The van der Waals surface area contributed by atoms with Gasteiger partial charge in [-0.3, -0.25) is 4.79 Å². The number of hydrogen-bond donors (Lipinski definition) is 1. The third-order valence-electron chi connectivity index (χ3n) is 5.35. The third-order valence-corrected chi connectivity index (χ3v) is 7.24. The molecule has 31 heavy (non-hydrogen) atoms. The molecule has 168 valence electrons. The summed E-state index contributed by atoms with van der Waals surface area (Å²) in [5.74, 6) is 0.882. The summed E-state index contributed by atoms with van der Waals surface area (Å²) in [5, 5.41) is 2.76. The molecule has 0 aromatic heterocycles. The quantitative estimate of drug-likeness (QED) is 0.662. The second kappa shape index (κ2) is 9.70. The van der Waals surface area contributed by atoms with Crippen molar-refractivity contribution in [3.8, 4) is 11.5 Å². The molecule has 1 N–H and O–H groups in total. The van der Waals surface area contributed by atoms with E-state index < -0.39 is 22.0 Å². The van der Waals surface area contributed by atoms with Crippen molar-refractivity contribution in [3.63, 3.8) is 0 Å². The van der Waals surface area contributed by atoms with Crippen molar-refractivity contribution in [2.24, 2.45) is 0 Å². The highest BCUT2D eigenvalue weighted by molar-refractivity contribution is 7.89. The third kappa shape index (κ3) is 5.19. The van der Waals surface area contributed by atoms with Gasteiger partial charge in [-0.15, -0.1) is 0 Å². The maximum Gasteiger partial charge on any atom is 0.265 e. The van der Waals surface area contributed by atoms with E-state index in [1.54, 1.807) is 13.0 Å². The predicted octanol–water partition coefficient (Wildman–Crippen LogP) is 4.01. The lowest BCUT2D eigenvalue weighted by atomic mass is 10.0. The smallest absolute Gasteiger partial charge is 0.265 e. The Balaban J connectivity index is 1.80. The lowest BCUT2D eigenvalue weighted by molar-refractivity contribution is -0.122. The largest absolute Gasteiger partial charge is 0.495 e. The maximum atomic E-state index is 12.9. The number of carbonyl (C=O) groups excluding carboxylic acids is 1. The summed E-state index contributed by atoms with van der Waals surface area (Å²) in [6.45, 7) is 6.80. The Morgan fingerprint density at radius 1 is 1.03 bits per heavy atom. The van der Waals surface area contributed by atoms with Crippen LogP contribution in [0.1, 0.15) is 45.1 Å². The maximum absolute atomic E-state index is 12.9. The van der Waals surface area contributed by atoms with Gasteiger partial charge in [0.2, 0.25) is 10.0 Å². The molecule has 2 aromatic rings. The summed E-state index contributed by atoms with van der Waals surface area (Å²) < 4.78 is 38.5. The molecule has 7 nitrogen and oxygen atoms in total. The van der Waals surface area contributed by atoms with Crippen LogP contribution in [0.15, 0.2) is 47.4 Å². The molecule has 0 aliphatic carbocycles. The minimum Gasteiger partial charge on any atom is -0.495 e. The summed E-state index contributed by atoms with van der Waals surface area (Å²) >= 11 is 0. The molecule has 0 bridgehead atoms. The van der Waals surface area contributed by atoms with Crippen LogP contribution < -0.4 is 14.8 Å². The summed E-state index contributed by atoms with van der Waals surface area (Å²) in [6, 6.07) is 12.1. The van der Waals surface area contributed by atoms with Gasteiger partial charge in [0.25, 0.3) is 5.91 Å². The average Bonchev–Trinajstić information content (AvgIpc) is 3.29. The number of benzene rings is 2. The second-order valence-corrected chi connectivity index (χ2v) is 9.85. The van der Waals surface area contributed by atoms with Gasteiger partial charge in [-0.05, 0) is 55.5 Å². The molecule has 0 unspecified atom stereocenters. The monoisotopic (exact) mass is 446 g/mol. The predicted molar refractivity (Wildman–Crippen MR) is 120 cm³/mol. The van der Waals surface area contributed by atoms with Crippen LogP contribution in [-0.2, 0) is 14.8 Å². The van der Waals surface area contributed by atoms with Gasteiger partial charge in [-0.2, -0.15) is 4.31 Å². The van der Waals surface area contributed by atoms with Gasteiger partial charge in [-0.1, -0.05) is 32.0 Å². The van der Waals surface area contributed by atoms with Crippen LogP contribution in [0.3, 0.4) is 0 Å². The Kier molecular flexibility index (Phi) is 7.23. The summed E-state index contributed by atoms with van der Waals surface area (Å²) in [6.07, 6.45) is 0.917. The lowest BCUT2D eigenvalue weighted by Crippen LogP contribution is -2.31. The average molecular weight is 447 g/mol. The van der Waals surface area contributed by atoms with Crippen LogP contribution >= 0.6 is 0 Å². The first-order chi connectivity index (χ1) is 14.7. The van der Waals surface area contributed by atoms with Gasteiger partial charge in [-0.25, -0.2) is 8.42 Å². The van der Waals surface area contributed by atoms with Crippen LogP contribution in [0.5, 0.6) is 11.5 Å². The highest BCUT2D eigenvalue weighted by Gasteiger charge is 2.28. The van der Waals surface area contributed by atoms with Gasteiger partial charge >= 0.3 is 0 Å². The zero-order valence-electron chi connectivity index (χ0n) is 18.4. The van der Waals surface area contributed by atoms with Crippen molar-refractivity contribution in [1.82, 2.24) is 4.31 Å². The lowest BCUT2D eigenvalue weighted by Gasteiger charge is -2.20. The molecule has 3 rings (SSSR count). The number of nitrogens with one attached hydrogen (secondary N) is 1. The van der Waals surface area contributed by atoms with E-state index in [1.165, 1.54) is 23.5 Å². The van der Waals surface area contributed by atoms with Gasteiger partial charge < -0.3 is 14.8 Å². The number of carbonyl (C=O) groups is 1. The Morgan fingerprint density at radius 3 is 2.35 bits per heavy atom. The minimum absolute atomic E-state index is 0.129. The van der Waals surface area contributed by atoms with E-state index in [0.29, 0.717) is 30.3 Å². The summed E-state index contributed by atoms with van der Waals surface area (Å²) in [4.78, 5) is 13.0. The van der Waals surface area contributed by atoms with Gasteiger partial charge in [0, 0.05) is 13.1 Å². The molecule has 1 aliphatic heterocycles. The zero-order valence-corrected chi connectivity index (χ0v) is 19.2. The molecule has 1 saturated heterocycles. The van der Waals surface area contributed by atoms with E-state index in [9.17, 15) is 13.2 Å². The van der Waals surface area contributed by atoms with Crippen molar-refractivity contribution in [2.75, 3.05) is 25.5 Å². The molecule has 0 saturated carbocycles. The van der Waals surface area contributed by atoms with Crippen LogP contribution in [0.2, 0.25) is 0 Å². The highest BCUT2D eigenvalue weighted by atomic mass is 32.2. The van der Waals surface area contributed by atoms with E-state index in [4.69, 9.17) is 9.47 Å². The van der Waals surface area contributed by atoms with Crippen LogP contribution in [0, 0.1) is 0 Å². The number of hydrogen-bond acceptors (Lipinski definition) is 5. The van der Waals surface area contributed by atoms with Crippen molar-refractivity contribution in [1.29, 1.82) is 0 Å². The Morgan fingerprint density at radius 2 is 1.71 bits per heavy atom. The number of ether oxygens (including phenoxy) is 2. The Labute approximate surface area is 184 Å². The molecule has 1 fully saturated rings. The van der Waals surface area contributed by atoms with E-state index in [0.717, 1.165) is 18.4 Å². The number of para-hydroxylation sites is 1. The summed E-state index contributed by atoms with van der Waals surface area (Å²) in [7, 11) is -2.14. The molecule has 2 aromatic carbocycles. The summed E-state index contributed by atoms with van der Waals surface area (Å²) in [5.41, 5.74) is 1.30. The van der Waals surface area contributed by atoms with Crippen molar-refractivity contribution in [3.05, 3.63) is 48.0 Å². The number of methoxy groups -OCH3 is 1. The van der Waals surface area contributed by atoms with Crippen LogP contribution in [0.4, 0.5) is 5.69 Å². The molecule has 1 atom stereocenters. The molecular formula is C23H30N2O5S. The topological polar surface area (TPSA) is 84.9 Å². The molecule has 1 heterocycles. The Bertz CT molecular complexity index is 1030. The molecule has 0 radical (unpaired) electrons. The number of rotatable bonds is 8. The second-order valence-electron chi connectivity index (χ2n) is 7.92. The fourth-order valence-electron chi connectivity index (χ4n) is 3.57. The first-order valence-electron chi connectivity index (χ1n) is 10.5. The van der Waals surface area contributed by atoms with Gasteiger partial charge in [0.15, 0.2) is 6.10 Å². The van der Waals surface area contributed by atoms with E-state index >= 15 is 0 Å². The molecule has 1 aliphatic rings. The van der Waals surface area contributed by atoms with Crippen molar-refractivity contribution >= 4 is 21.6 Å². The number of nitrogens with zero attached hydrogens (tertiary/aromatic N) is 1. The number of anilines is 1. The highest BCUT2D eigenvalue weighted by Crippen LogP contribution is 2.31. The molecule has 0 spiro atoms. The minimum atomic E-state index is -3.61. The standard InChI is InChI=1S/C23H30N2O5S/c1-16(2)19-9-5-6-10-21(19)30-17(3)23(26)24-20-15-18(11-12-22(20)29-4)31(27,28)25-13-7-8-14-25/h5-6,9-12,15-17H,7-8,13-14H2,1-4H3,(H,24,26)/t17-/m0/s1. The van der Waals surface area contributed by atoms with E-state index in [-0.39, 0.29) is 10.8 Å². The molecular weight excluding hydrogens is 416 g/mol. The Hall–Kier alpha value is -2.58. The molecule has 8 heteroatoms. The van der Waals surface area contributed by atoms with E-state index in [2.05, 4.69) is 19.2 Å². The van der Waals surface area contributed by atoms with E-state index in [1.807, 2.05) is 24.3 Å². The fraction of sp³-hybridized carbons (Fsp3) is 0.435. The van der Waals surface area contributed by atoms with Crippen molar-refractivity contribution < 1.29 is 22.7 Å². The first-order valence-corrected chi connectivity index (χ1v) is 11.9. The van der Waals surface area contributed by atoms with Crippen LogP contribution in [-0.4, -0.2) is 44.9 Å². The first kappa shape index (κ1) is 23.1. The van der Waals surface area contributed by atoms with Gasteiger partial charge in [0.1, 0.15) is 11.5 Å². The van der Waals surface area contributed by atoms with Crippen LogP contribution in [0.25, 0.3) is 0 Å². The normalized spacial score (nSPS) is 15.6. The SMILES string of the molecule is COc1ccc(S(=O)(=O)N2CCCC2)cc1NC(=O)[C@H](C)Oc1ccccc1C(C)C. The fourth-order valence-corrected chi connectivity index (χ4v) is 5.11. The number of amides is 1. The molecule has 1 amide bonds. The van der Waals surface area contributed by atoms with Gasteiger partial charge in [0.05, 0.1) is 17.7 Å². The number of sulfonamides is 1. The zero-order chi connectivity index (χ0) is 22.6.